The van der Waals surface area contributed by atoms with Crippen LogP contribution in [-0.4, -0.2) is 0 Å². The van der Waals surface area contributed by atoms with Crippen molar-refractivity contribution in [1.82, 2.24) is 0 Å². The summed E-state index contributed by atoms with van der Waals surface area (Å²) >= 11 is 9.09. The molecule has 0 aliphatic carbocycles. The molecule has 0 amide bonds. The molecule has 0 nitrogen and oxygen atoms in total. The molecule has 0 unspecified atom stereocenters. The molecule has 0 saturated heterocycles. The Morgan fingerprint density at radius 1 is 1.11 bits per heavy atom. The zero-order valence-electron chi connectivity index (χ0n) is 4.74. The van der Waals surface area contributed by atoms with Crippen LogP contribution in [0.3, 0.4) is 0 Å². The van der Waals surface area contributed by atoms with Gasteiger partial charge in [-0.15, -0.1) is 12.6 Å². The van der Waals surface area contributed by atoms with Gasteiger partial charge in [-0.2, -0.15) is 0 Å². The molecule has 0 radical (unpaired) electrons. The van der Waals surface area contributed by atoms with Crippen LogP contribution in [0.5, 0.6) is 0 Å². The third kappa shape index (κ3) is 1.80. The third-order valence-corrected chi connectivity index (χ3v) is 1.87. The van der Waals surface area contributed by atoms with Crippen molar-refractivity contribution in [2.45, 2.75) is 4.90 Å². The maximum Gasteiger partial charge on any atom is 0.0510 e. The van der Waals surface area contributed by atoms with E-state index in [9.17, 15) is 0 Å². The molecule has 1 aromatic rings. The van der Waals surface area contributed by atoms with E-state index in [1.807, 2.05) is 30.3 Å². The molecule has 1 rings (SSSR count). The molecular weight excluding hydrogens is 148 g/mol. The maximum absolute atomic E-state index is 4.94. The van der Waals surface area contributed by atoms with E-state index in [0.29, 0.717) is 0 Å². The maximum atomic E-state index is 4.94. The number of hydrogen-bond donors (Lipinski definition) is 1. The Balaban J connectivity index is 3.42. The van der Waals surface area contributed by atoms with Gasteiger partial charge in [0.15, 0.2) is 0 Å². The highest BCUT2D eigenvalue weighted by Crippen LogP contribution is 2.04. The molecule has 2 heteroatoms. The van der Waals surface area contributed by atoms with Gasteiger partial charge in [0.1, 0.15) is 0 Å². The van der Waals surface area contributed by atoms with Crippen molar-refractivity contribution in [2.75, 3.05) is 0 Å². The molecule has 0 atom stereocenters. The first-order valence-electron chi connectivity index (χ1n) is 2.59. The average molecular weight is 154 g/mol. The SMILES string of the molecule is S=c1cccccc1S. The van der Waals surface area contributed by atoms with Gasteiger partial charge in [-0.1, -0.05) is 30.4 Å². The van der Waals surface area contributed by atoms with E-state index < -0.39 is 0 Å². The van der Waals surface area contributed by atoms with E-state index in [4.69, 9.17) is 12.2 Å². The first kappa shape index (κ1) is 6.78. The molecular formula is C7H6S2. The van der Waals surface area contributed by atoms with Crippen molar-refractivity contribution in [1.29, 1.82) is 0 Å². The highest BCUT2D eigenvalue weighted by molar-refractivity contribution is 7.81. The van der Waals surface area contributed by atoms with Crippen LogP contribution in [0.15, 0.2) is 35.2 Å². The lowest BCUT2D eigenvalue weighted by Crippen LogP contribution is -1.54. The van der Waals surface area contributed by atoms with Gasteiger partial charge in [0.25, 0.3) is 0 Å². The monoisotopic (exact) mass is 154 g/mol. The Morgan fingerprint density at radius 3 is 2.56 bits per heavy atom. The van der Waals surface area contributed by atoms with Crippen LogP contribution in [-0.2, 0) is 0 Å². The highest BCUT2D eigenvalue weighted by atomic mass is 32.1. The Hall–Kier alpha value is -0.340. The van der Waals surface area contributed by atoms with E-state index in [1.165, 1.54) is 0 Å². The van der Waals surface area contributed by atoms with Crippen LogP contribution in [0.2, 0.25) is 0 Å². The van der Waals surface area contributed by atoms with Crippen molar-refractivity contribution in [3.63, 3.8) is 0 Å². The molecule has 0 saturated carbocycles. The van der Waals surface area contributed by atoms with Crippen LogP contribution in [0.1, 0.15) is 0 Å². The smallest absolute Gasteiger partial charge is 0.0510 e. The van der Waals surface area contributed by atoms with Crippen molar-refractivity contribution >= 4 is 24.8 Å². The first-order valence-corrected chi connectivity index (χ1v) is 3.44. The minimum absolute atomic E-state index is 0.795. The second-order valence-corrected chi connectivity index (χ2v) is 2.58. The first-order chi connectivity index (χ1) is 4.30. The standard InChI is InChI=1S/C7H6S2/c8-6-4-2-1-3-5-7(6)9/h1-5H,(H,8,9). The van der Waals surface area contributed by atoms with Gasteiger partial charge in [0, 0.05) is 4.90 Å². The van der Waals surface area contributed by atoms with Gasteiger partial charge in [-0.3, -0.25) is 0 Å². The molecule has 0 aliphatic heterocycles. The van der Waals surface area contributed by atoms with Gasteiger partial charge in [-0.05, 0) is 12.1 Å². The van der Waals surface area contributed by atoms with Crippen molar-refractivity contribution in [3.05, 3.63) is 34.8 Å². The summed E-state index contributed by atoms with van der Waals surface area (Å²) in [5, 5.41) is 0. The zero-order valence-corrected chi connectivity index (χ0v) is 6.45. The fourth-order valence-corrected chi connectivity index (χ4v) is 0.829. The van der Waals surface area contributed by atoms with Crippen LogP contribution in [0, 0.1) is 4.51 Å². The molecule has 9 heavy (non-hydrogen) atoms. The normalized spacial score (nSPS) is 9.00. The third-order valence-electron chi connectivity index (χ3n) is 0.976. The minimum atomic E-state index is 0.795. The lowest BCUT2D eigenvalue weighted by molar-refractivity contribution is 1.50. The molecule has 0 heterocycles. The second kappa shape index (κ2) is 2.99. The summed E-state index contributed by atoms with van der Waals surface area (Å²) in [4.78, 5) is 0.856. The van der Waals surface area contributed by atoms with Crippen LogP contribution in [0.25, 0.3) is 0 Å². The van der Waals surface area contributed by atoms with Crippen molar-refractivity contribution in [3.8, 4) is 0 Å². The van der Waals surface area contributed by atoms with Crippen LogP contribution < -0.4 is 0 Å². The van der Waals surface area contributed by atoms with E-state index >= 15 is 0 Å². The quantitative estimate of drug-likeness (QED) is 0.443. The van der Waals surface area contributed by atoms with Crippen LogP contribution >= 0.6 is 24.8 Å². The van der Waals surface area contributed by atoms with Gasteiger partial charge >= 0.3 is 0 Å². The fourth-order valence-electron chi connectivity index (χ4n) is 0.521. The Labute approximate surface area is 65.0 Å². The predicted molar refractivity (Wildman–Crippen MR) is 44.5 cm³/mol. The van der Waals surface area contributed by atoms with Gasteiger partial charge in [0.2, 0.25) is 0 Å². The summed E-state index contributed by atoms with van der Waals surface area (Å²) in [5.41, 5.74) is 0. The molecule has 46 valence electrons. The molecule has 0 aliphatic rings. The summed E-state index contributed by atoms with van der Waals surface area (Å²) in [7, 11) is 0. The summed E-state index contributed by atoms with van der Waals surface area (Å²) in [6, 6.07) is 9.48. The number of hydrogen-bond acceptors (Lipinski definition) is 2. The number of rotatable bonds is 0. The average Bonchev–Trinajstić information content (AvgIpc) is 1.99. The summed E-state index contributed by atoms with van der Waals surface area (Å²) in [5.74, 6) is 0. The topological polar surface area (TPSA) is 0 Å². The highest BCUT2D eigenvalue weighted by Gasteiger charge is 1.79. The molecule has 0 spiro atoms. The van der Waals surface area contributed by atoms with E-state index in [1.54, 1.807) is 0 Å². The van der Waals surface area contributed by atoms with E-state index in [0.717, 1.165) is 9.41 Å². The minimum Gasteiger partial charge on any atom is -0.142 e. The Bertz CT molecular complexity index is 255. The Morgan fingerprint density at radius 2 is 1.78 bits per heavy atom. The van der Waals surface area contributed by atoms with Gasteiger partial charge in [0.05, 0.1) is 4.51 Å². The second-order valence-electron chi connectivity index (χ2n) is 1.66. The van der Waals surface area contributed by atoms with Crippen molar-refractivity contribution < 1.29 is 0 Å². The zero-order chi connectivity index (χ0) is 6.69. The van der Waals surface area contributed by atoms with Gasteiger partial charge in [-0.25, -0.2) is 0 Å². The fraction of sp³-hybridized carbons (Fsp3) is 0. The van der Waals surface area contributed by atoms with E-state index in [-0.39, 0.29) is 0 Å². The molecule has 0 bridgehead atoms. The largest absolute Gasteiger partial charge is 0.142 e. The number of thiol groups is 1. The molecule has 0 aromatic heterocycles. The van der Waals surface area contributed by atoms with Gasteiger partial charge < -0.3 is 0 Å². The van der Waals surface area contributed by atoms with Crippen LogP contribution in [0.4, 0.5) is 0 Å². The van der Waals surface area contributed by atoms with E-state index in [2.05, 4.69) is 12.6 Å². The Kier molecular flexibility index (Phi) is 2.25. The predicted octanol–water partition coefficient (Wildman–Crippen LogP) is 2.70. The molecule has 0 fully saturated rings. The molecule has 0 N–H and O–H groups in total. The molecule has 1 aromatic carbocycles. The summed E-state index contributed by atoms with van der Waals surface area (Å²) in [6.07, 6.45) is 0. The summed E-state index contributed by atoms with van der Waals surface area (Å²) in [6.45, 7) is 0. The van der Waals surface area contributed by atoms with Crippen molar-refractivity contribution in [2.24, 2.45) is 0 Å². The lowest BCUT2D eigenvalue weighted by atomic mass is 10.5. The summed E-state index contributed by atoms with van der Waals surface area (Å²) < 4.78 is 0.795. The lowest BCUT2D eigenvalue weighted by Gasteiger charge is -1.76.